The Balaban J connectivity index is 2.24. The second kappa shape index (κ2) is 3.88. The highest BCUT2D eigenvalue weighted by molar-refractivity contribution is 6.32. The van der Waals surface area contributed by atoms with Crippen molar-refractivity contribution in [2.24, 2.45) is 0 Å². The lowest BCUT2D eigenvalue weighted by Crippen LogP contribution is -2.08. The molecule has 1 aromatic carbocycles. The third kappa shape index (κ3) is 1.52. The van der Waals surface area contributed by atoms with Gasteiger partial charge in [-0.15, -0.1) is 0 Å². The number of nitrogens with zero attached hydrogens (tertiary/aromatic N) is 3. The largest absolute Gasteiger partial charge is 0.307 e. The van der Waals surface area contributed by atoms with Gasteiger partial charge in [-0.3, -0.25) is 0 Å². The van der Waals surface area contributed by atoms with Crippen LogP contribution in [0.5, 0.6) is 0 Å². The normalized spacial score (nSPS) is 13.4. The molecule has 0 fully saturated rings. The van der Waals surface area contributed by atoms with E-state index in [9.17, 15) is 0 Å². The van der Waals surface area contributed by atoms with Crippen LogP contribution in [-0.2, 0) is 13.1 Å². The van der Waals surface area contributed by atoms with Crippen molar-refractivity contribution in [3.8, 4) is 11.8 Å². The molecule has 1 aromatic heterocycles. The smallest absolute Gasteiger partial charge is 0.167 e. The maximum atomic E-state index is 9.04. The molecule has 0 aliphatic carbocycles. The van der Waals surface area contributed by atoms with E-state index in [2.05, 4.69) is 16.5 Å². The molecule has 0 unspecified atom stereocenters. The zero-order chi connectivity index (χ0) is 11.8. The van der Waals surface area contributed by atoms with Gasteiger partial charge in [-0.25, -0.2) is 4.68 Å². The Morgan fingerprint density at radius 1 is 1.35 bits per heavy atom. The Labute approximate surface area is 103 Å². The average Bonchev–Trinajstić information content (AvgIpc) is 2.91. The van der Waals surface area contributed by atoms with E-state index < -0.39 is 0 Å². The van der Waals surface area contributed by atoms with Crippen molar-refractivity contribution >= 4 is 11.6 Å². The molecule has 0 atom stereocenters. The lowest BCUT2D eigenvalue weighted by molar-refractivity contribution is 0.708. The van der Waals surface area contributed by atoms with Crippen molar-refractivity contribution in [2.75, 3.05) is 0 Å². The molecule has 84 valence electrons. The van der Waals surface area contributed by atoms with Crippen molar-refractivity contribution in [1.82, 2.24) is 15.1 Å². The van der Waals surface area contributed by atoms with Crippen LogP contribution in [0.4, 0.5) is 0 Å². The first-order valence-electron chi connectivity index (χ1n) is 5.27. The van der Waals surface area contributed by atoms with Crippen molar-refractivity contribution in [3.05, 3.63) is 46.2 Å². The van der Waals surface area contributed by atoms with E-state index in [1.165, 1.54) is 0 Å². The van der Waals surface area contributed by atoms with E-state index in [0.29, 0.717) is 17.3 Å². The Hall–Kier alpha value is -1.83. The molecule has 0 bridgehead atoms. The third-order valence-electron chi connectivity index (χ3n) is 2.87. The van der Waals surface area contributed by atoms with Crippen LogP contribution in [-0.4, -0.2) is 9.78 Å². The highest BCUT2D eigenvalue weighted by Crippen LogP contribution is 2.26. The Morgan fingerprint density at radius 3 is 2.94 bits per heavy atom. The fraction of sp³-hybridized carbons (Fsp3) is 0.167. The van der Waals surface area contributed by atoms with Crippen LogP contribution in [0.25, 0.3) is 5.69 Å². The quantitative estimate of drug-likeness (QED) is 0.835. The summed E-state index contributed by atoms with van der Waals surface area (Å²) in [7, 11) is 0. The van der Waals surface area contributed by atoms with Gasteiger partial charge < -0.3 is 5.32 Å². The first kappa shape index (κ1) is 10.3. The van der Waals surface area contributed by atoms with Crippen LogP contribution in [0.2, 0.25) is 5.02 Å². The molecule has 0 radical (unpaired) electrons. The summed E-state index contributed by atoms with van der Waals surface area (Å²) in [6.45, 7) is 1.41. The molecule has 2 heterocycles. The predicted molar refractivity (Wildman–Crippen MR) is 63.8 cm³/mol. The second-order valence-corrected chi connectivity index (χ2v) is 4.26. The van der Waals surface area contributed by atoms with E-state index in [1.54, 1.807) is 4.68 Å². The fourth-order valence-corrected chi connectivity index (χ4v) is 2.29. The summed E-state index contributed by atoms with van der Waals surface area (Å²) >= 11 is 6.15. The molecule has 0 saturated heterocycles. The van der Waals surface area contributed by atoms with Crippen LogP contribution in [0.15, 0.2) is 24.3 Å². The fourth-order valence-electron chi connectivity index (χ4n) is 2.07. The summed E-state index contributed by atoms with van der Waals surface area (Å²) in [5, 5.41) is 17.2. The van der Waals surface area contributed by atoms with Crippen LogP contribution in [0.3, 0.4) is 0 Å². The number of nitrogens with one attached hydrogen (secondary N) is 1. The van der Waals surface area contributed by atoms with E-state index in [0.717, 1.165) is 23.5 Å². The molecule has 17 heavy (non-hydrogen) atoms. The minimum absolute atomic E-state index is 0.477. The van der Waals surface area contributed by atoms with E-state index >= 15 is 0 Å². The highest BCUT2D eigenvalue weighted by Gasteiger charge is 2.23. The lowest BCUT2D eigenvalue weighted by Gasteiger charge is -2.06. The molecule has 0 saturated carbocycles. The summed E-state index contributed by atoms with van der Waals surface area (Å²) in [5.74, 6) is 0. The number of fused-ring (bicyclic) bond motifs is 1. The monoisotopic (exact) mass is 244 g/mol. The number of para-hydroxylation sites is 1. The van der Waals surface area contributed by atoms with Crippen LogP contribution in [0.1, 0.15) is 17.0 Å². The maximum Gasteiger partial charge on any atom is 0.167 e. The van der Waals surface area contributed by atoms with Crippen LogP contribution >= 0.6 is 11.6 Å². The summed E-state index contributed by atoms with van der Waals surface area (Å²) in [6, 6.07) is 9.62. The van der Waals surface area contributed by atoms with Crippen LogP contribution < -0.4 is 5.32 Å². The molecule has 3 rings (SSSR count). The minimum atomic E-state index is 0.477. The molecule has 1 N–H and O–H groups in total. The van der Waals surface area contributed by atoms with Gasteiger partial charge in [-0.05, 0) is 12.1 Å². The van der Waals surface area contributed by atoms with Crippen molar-refractivity contribution in [3.63, 3.8) is 0 Å². The van der Waals surface area contributed by atoms with E-state index in [4.69, 9.17) is 16.9 Å². The van der Waals surface area contributed by atoms with Gasteiger partial charge in [-0.1, -0.05) is 23.7 Å². The van der Waals surface area contributed by atoms with Gasteiger partial charge in [-0.2, -0.15) is 10.4 Å². The van der Waals surface area contributed by atoms with Crippen LogP contribution in [0, 0.1) is 11.3 Å². The number of halogens is 1. The molecular formula is C12H9ClN4. The minimum Gasteiger partial charge on any atom is -0.307 e. The summed E-state index contributed by atoms with van der Waals surface area (Å²) < 4.78 is 1.76. The molecule has 1 aliphatic heterocycles. The molecular weight excluding hydrogens is 236 g/mol. The number of rotatable bonds is 1. The number of nitriles is 1. The molecule has 5 heteroatoms. The molecule has 1 aliphatic rings. The molecule has 0 amide bonds. The molecule has 0 spiro atoms. The van der Waals surface area contributed by atoms with Gasteiger partial charge in [0.15, 0.2) is 5.69 Å². The number of aromatic nitrogens is 2. The number of hydrogen-bond donors (Lipinski definition) is 1. The first-order chi connectivity index (χ1) is 8.31. The maximum absolute atomic E-state index is 9.04. The first-order valence-corrected chi connectivity index (χ1v) is 5.65. The molecule has 4 nitrogen and oxygen atoms in total. The van der Waals surface area contributed by atoms with Crippen molar-refractivity contribution in [1.29, 1.82) is 5.26 Å². The second-order valence-electron chi connectivity index (χ2n) is 3.85. The van der Waals surface area contributed by atoms with E-state index in [1.807, 2.05) is 24.3 Å². The van der Waals surface area contributed by atoms with Gasteiger partial charge >= 0.3 is 0 Å². The van der Waals surface area contributed by atoms with Gasteiger partial charge in [0.2, 0.25) is 0 Å². The van der Waals surface area contributed by atoms with E-state index in [-0.39, 0.29) is 0 Å². The van der Waals surface area contributed by atoms with Gasteiger partial charge in [0.05, 0.1) is 16.4 Å². The zero-order valence-corrected chi connectivity index (χ0v) is 9.70. The van der Waals surface area contributed by atoms with Gasteiger partial charge in [0, 0.05) is 18.7 Å². The van der Waals surface area contributed by atoms with Crippen molar-refractivity contribution in [2.45, 2.75) is 13.1 Å². The Bertz CT molecular complexity index is 624. The summed E-state index contributed by atoms with van der Waals surface area (Å²) in [5.41, 5.74) is 3.29. The zero-order valence-electron chi connectivity index (χ0n) is 8.94. The Morgan fingerprint density at radius 2 is 2.18 bits per heavy atom. The van der Waals surface area contributed by atoms with Gasteiger partial charge in [0.1, 0.15) is 6.07 Å². The SMILES string of the molecule is N#Cc1nn(-c2ccccc2Cl)c2c1CNC2. The number of hydrogen-bond acceptors (Lipinski definition) is 3. The third-order valence-corrected chi connectivity index (χ3v) is 3.19. The summed E-state index contributed by atoms with van der Waals surface area (Å²) in [4.78, 5) is 0. The Kier molecular flexibility index (Phi) is 2.36. The lowest BCUT2D eigenvalue weighted by atomic mass is 10.2. The number of benzene rings is 1. The predicted octanol–water partition coefficient (Wildman–Crippen LogP) is 2.00. The van der Waals surface area contributed by atoms with Gasteiger partial charge in [0.25, 0.3) is 0 Å². The standard InChI is InChI=1S/C12H9ClN4/c13-9-3-1-2-4-11(9)17-12-7-15-6-8(12)10(5-14)16-17/h1-4,15H,6-7H2. The van der Waals surface area contributed by atoms with Crippen molar-refractivity contribution < 1.29 is 0 Å². The summed E-state index contributed by atoms with van der Waals surface area (Å²) in [6.07, 6.45) is 0. The topological polar surface area (TPSA) is 53.6 Å². The highest BCUT2D eigenvalue weighted by atomic mass is 35.5. The molecule has 2 aromatic rings. The average molecular weight is 245 g/mol.